The van der Waals surface area contributed by atoms with E-state index in [9.17, 15) is 29.8 Å². The lowest BCUT2D eigenvalue weighted by atomic mass is 10.1. The normalized spacial score (nSPS) is 9.69. The van der Waals surface area contributed by atoms with Crippen molar-refractivity contribution in [1.82, 2.24) is 0 Å². The Bertz CT molecular complexity index is 868. The highest BCUT2D eigenvalue weighted by Crippen LogP contribution is 2.31. The number of esters is 1. The molecule has 2 aromatic carbocycles. The summed E-state index contributed by atoms with van der Waals surface area (Å²) in [5.41, 5.74) is 0.0586. The summed E-state index contributed by atoms with van der Waals surface area (Å²) in [6.07, 6.45) is 0.781. The Labute approximate surface area is 166 Å². The van der Waals surface area contributed by atoms with Crippen LogP contribution in [-0.4, -0.2) is 34.0 Å². The number of para-hydroxylation sites is 1. The van der Waals surface area contributed by atoms with Gasteiger partial charge in [0.2, 0.25) is 0 Å². The fourth-order valence-electron chi connectivity index (χ4n) is 2.37. The van der Waals surface area contributed by atoms with E-state index < -0.39 is 33.2 Å². The Hall–Kier alpha value is -3.82. The quantitative estimate of drug-likeness (QED) is 0.400. The van der Waals surface area contributed by atoms with Gasteiger partial charge in [0.05, 0.1) is 17.0 Å². The number of methoxy groups -OCH3 is 1. The summed E-state index contributed by atoms with van der Waals surface area (Å²) >= 11 is 0. The van der Waals surface area contributed by atoms with Crippen molar-refractivity contribution in [1.29, 1.82) is 0 Å². The molecule has 10 nitrogen and oxygen atoms in total. The van der Waals surface area contributed by atoms with Crippen LogP contribution in [0, 0.1) is 20.2 Å². The van der Waals surface area contributed by atoms with Gasteiger partial charge in [0.15, 0.2) is 0 Å². The van der Waals surface area contributed by atoms with Crippen LogP contribution in [0.1, 0.15) is 24.0 Å². The third kappa shape index (κ3) is 8.16. The van der Waals surface area contributed by atoms with Crippen LogP contribution in [0.25, 0.3) is 0 Å². The standard InChI is InChI=1S/C10H10N2O6.C9H10O2/c1-18-9(13)6-5-7-3-2-4-8(11(14)15)10(7)12(16)17;10-9(11)7-6-8-4-2-1-3-5-8/h2-4H,5-6H2,1H3;1-5H,6-7H2,(H,10,11). The molecule has 10 heteroatoms. The van der Waals surface area contributed by atoms with Crippen LogP contribution in [0.3, 0.4) is 0 Å². The fraction of sp³-hybridized carbons (Fsp3) is 0.263. The number of nitrogens with zero attached hydrogens (tertiary/aromatic N) is 2. The molecule has 0 heterocycles. The first-order chi connectivity index (χ1) is 13.8. The number of nitro groups is 2. The second-order valence-corrected chi connectivity index (χ2v) is 5.75. The van der Waals surface area contributed by atoms with E-state index in [1.54, 1.807) is 0 Å². The predicted octanol–water partition coefficient (Wildman–Crippen LogP) is 3.31. The maximum absolute atomic E-state index is 11.0. The molecule has 0 atom stereocenters. The van der Waals surface area contributed by atoms with Gasteiger partial charge in [0.1, 0.15) is 0 Å². The van der Waals surface area contributed by atoms with Crippen molar-refractivity contribution in [2.45, 2.75) is 25.7 Å². The molecule has 0 saturated heterocycles. The van der Waals surface area contributed by atoms with E-state index in [1.807, 2.05) is 30.3 Å². The zero-order valence-electron chi connectivity index (χ0n) is 15.6. The molecule has 0 bridgehead atoms. The van der Waals surface area contributed by atoms with Crippen molar-refractivity contribution < 1.29 is 29.3 Å². The zero-order chi connectivity index (χ0) is 21.8. The molecular weight excluding hydrogens is 384 g/mol. The van der Waals surface area contributed by atoms with Crippen LogP contribution in [0.15, 0.2) is 48.5 Å². The highest BCUT2D eigenvalue weighted by Gasteiger charge is 2.27. The van der Waals surface area contributed by atoms with E-state index in [0.717, 1.165) is 11.6 Å². The second kappa shape index (κ2) is 11.8. The molecule has 1 N–H and O–H groups in total. The van der Waals surface area contributed by atoms with E-state index in [4.69, 9.17) is 5.11 Å². The number of carboxylic acids is 1. The molecule has 29 heavy (non-hydrogen) atoms. The molecule has 0 aliphatic carbocycles. The van der Waals surface area contributed by atoms with Gasteiger partial charge in [-0.3, -0.25) is 29.8 Å². The van der Waals surface area contributed by atoms with Crippen LogP contribution in [0.5, 0.6) is 0 Å². The van der Waals surface area contributed by atoms with Gasteiger partial charge in [-0.25, -0.2) is 0 Å². The predicted molar refractivity (Wildman–Crippen MR) is 102 cm³/mol. The van der Waals surface area contributed by atoms with Gasteiger partial charge in [-0.2, -0.15) is 0 Å². The van der Waals surface area contributed by atoms with Crippen LogP contribution in [-0.2, 0) is 27.2 Å². The number of carbonyl (C=O) groups excluding carboxylic acids is 1. The molecule has 0 amide bonds. The summed E-state index contributed by atoms with van der Waals surface area (Å²) in [7, 11) is 1.20. The van der Waals surface area contributed by atoms with Crippen molar-refractivity contribution in [3.8, 4) is 0 Å². The third-order valence-corrected chi connectivity index (χ3v) is 3.77. The van der Waals surface area contributed by atoms with Crippen molar-refractivity contribution in [2.24, 2.45) is 0 Å². The summed E-state index contributed by atoms with van der Waals surface area (Å²) in [6.45, 7) is 0. The first-order valence-electron chi connectivity index (χ1n) is 8.49. The lowest BCUT2D eigenvalue weighted by molar-refractivity contribution is -0.423. The number of hydrogen-bond acceptors (Lipinski definition) is 7. The summed E-state index contributed by atoms with van der Waals surface area (Å²) < 4.78 is 4.41. The molecule has 0 saturated carbocycles. The molecule has 0 aliphatic rings. The Morgan fingerprint density at radius 1 is 0.931 bits per heavy atom. The third-order valence-electron chi connectivity index (χ3n) is 3.77. The summed E-state index contributed by atoms with van der Waals surface area (Å²) in [6, 6.07) is 13.4. The minimum Gasteiger partial charge on any atom is -0.481 e. The molecule has 0 unspecified atom stereocenters. The minimum absolute atomic E-state index is 0.0185. The SMILES string of the molecule is COC(=O)CCc1cccc([N+](=O)[O-])c1[N+](=O)[O-].O=C(O)CCc1ccccc1. The fourth-order valence-corrected chi connectivity index (χ4v) is 2.37. The Kier molecular flexibility index (Phi) is 9.45. The highest BCUT2D eigenvalue weighted by atomic mass is 16.6. The number of aliphatic carboxylic acids is 1. The van der Waals surface area contributed by atoms with Crippen molar-refractivity contribution in [3.05, 3.63) is 79.9 Å². The number of nitro benzene ring substituents is 2. The van der Waals surface area contributed by atoms with Gasteiger partial charge in [0.25, 0.3) is 0 Å². The van der Waals surface area contributed by atoms with Crippen molar-refractivity contribution in [3.63, 3.8) is 0 Å². The largest absolute Gasteiger partial charge is 0.481 e. The molecule has 0 spiro atoms. The summed E-state index contributed by atoms with van der Waals surface area (Å²) in [4.78, 5) is 41.0. The van der Waals surface area contributed by atoms with E-state index in [-0.39, 0.29) is 24.8 Å². The van der Waals surface area contributed by atoms with Crippen molar-refractivity contribution in [2.75, 3.05) is 7.11 Å². The number of ether oxygens (including phenoxy) is 1. The first-order valence-corrected chi connectivity index (χ1v) is 8.49. The highest BCUT2D eigenvalue weighted by molar-refractivity contribution is 5.70. The molecule has 0 radical (unpaired) electrons. The molecule has 0 fully saturated rings. The van der Waals surface area contributed by atoms with Crippen LogP contribution in [0.4, 0.5) is 11.4 Å². The van der Waals surface area contributed by atoms with Crippen LogP contribution < -0.4 is 0 Å². The first kappa shape index (κ1) is 23.2. The number of aryl methyl sites for hydroxylation is 2. The summed E-state index contributed by atoms with van der Waals surface area (Å²) in [5.74, 6) is -1.27. The van der Waals surface area contributed by atoms with E-state index >= 15 is 0 Å². The number of rotatable bonds is 8. The Balaban J connectivity index is 0.000000326. The molecule has 154 valence electrons. The monoisotopic (exact) mass is 404 g/mol. The second-order valence-electron chi connectivity index (χ2n) is 5.75. The van der Waals surface area contributed by atoms with Crippen LogP contribution >= 0.6 is 0 Å². The average Bonchev–Trinajstić information content (AvgIpc) is 2.71. The van der Waals surface area contributed by atoms with Crippen LogP contribution in [0.2, 0.25) is 0 Å². The smallest absolute Gasteiger partial charge is 0.349 e. The van der Waals surface area contributed by atoms with Gasteiger partial charge in [0, 0.05) is 24.5 Å². The van der Waals surface area contributed by atoms with Gasteiger partial charge in [-0.15, -0.1) is 0 Å². The van der Waals surface area contributed by atoms with Gasteiger partial charge in [-0.1, -0.05) is 42.5 Å². The Morgan fingerprint density at radius 3 is 2.10 bits per heavy atom. The lowest BCUT2D eigenvalue weighted by Crippen LogP contribution is -2.05. The van der Waals surface area contributed by atoms with E-state index in [0.29, 0.717) is 6.42 Å². The lowest BCUT2D eigenvalue weighted by Gasteiger charge is -2.02. The van der Waals surface area contributed by atoms with E-state index in [2.05, 4.69) is 4.74 Å². The van der Waals surface area contributed by atoms with E-state index in [1.165, 1.54) is 19.2 Å². The Morgan fingerprint density at radius 2 is 1.59 bits per heavy atom. The van der Waals surface area contributed by atoms with Gasteiger partial charge < -0.3 is 9.84 Å². The maximum atomic E-state index is 11.0. The average molecular weight is 404 g/mol. The molecular formula is C19H20N2O8. The number of hydrogen-bond donors (Lipinski definition) is 1. The molecule has 0 aromatic heterocycles. The molecule has 0 aliphatic heterocycles. The molecule has 2 rings (SSSR count). The maximum Gasteiger partial charge on any atom is 0.349 e. The molecule has 2 aromatic rings. The topological polar surface area (TPSA) is 150 Å². The number of carboxylic acid groups (broad SMARTS) is 1. The van der Waals surface area contributed by atoms with Gasteiger partial charge >= 0.3 is 23.3 Å². The van der Waals surface area contributed by atoms with Crippen molar-refractivity contribution >= 4 is 23.3 Å². The van der Waals surface area contributed by atoms with Gasteiger partial charge in [-0.05, 0) is 18.4 Å². The number of carbonyl (C=O) groups is 2. The minimum atomic E-state index is -0.820. The number of benzene rings is 2. The summed E-state index contributed by atoms with van der Waals surface area (Å²) in [5, 5.41) is 29.9. The zero-order valence-corrected chi connectivity index (χ0v) is 15.6.